The number of methoxy groups -OCH3 is 1. The fraction of sp³-hybridized carbons (Fsp3) is 0.625. The highest BCUT2D eigenvalue weighted by Gasteiger charge is 2.25. The molecule has 5 heteroatoms. The van der Waals surface area contributed by atoms with Gasteiger partial charge in [-0.2, -0.15) is 11.8 Å². The Morgan fingerprint density at radius 1 is 1.43 bits per heavy atom. The second kappa shape index (κ2) is 8.42. The summed E-state index contributed by atoms with van der Waals surface area (Å²) in [5.74, 6) is 1.21. The number of nitrogens with zero attached hydrogens (tertiary/aromatic N) is 1. The van der Waals surface area contributed by atoms with E-state index in [0.29, 0.717) is 11.3 Å². The number of hydrogen-bond acceptors (Lipinski definition) is 4. The lowest BCUT2D eigenvalue weighted by Gasteiger charge is -2.39. The molecular weight excluding hydrogens is 348 g/mol. The van der Waals surface area contributed by atoms with Crippen molar-refractivity contribution >= 4 is 33.4 Å². The molecule has 21 heavy (non-hydrogen) atoms. The normalized spacial score (nSPS) is 22.6. The average Bonchev–Trinajstić information content (AvgIpc) is 2.48. The molecule has 1 aromatic rings. The van der Waals surface area contributed by atoms with Crippen molar-refractivity contribution in [3.05, 3.63) is 28.2 Å². The number of thioether (sulfide) groups is 1. The summed E-state index contributed by atoms with van der Waals surface area (Å²) >= 11 is 5.79. The highest BCUT2D eigenvalue weighted by atomic mass is 79.9. The zero-order chi connectivity index (χ0) is 15.2. The number of benzene rings is 1. The van der Waals surface area contributed by atoms with Crippen molar-refractivity contribution in [2.45, 2.75) is 31.7 Å². The highest BCUT2D eigenvalue weighted by Crippen LogP contribution is 2.31. The van der Waals surface area contributed by atoms with Gasteiger partial charge in [0.05, 0.1) is 6.61 Å². The first-order valence-corrected chi connectivity index (χ1v) is 9.34. The molecule has 2 rings (SSSR count). The van der Waals surface area contributed by atoms with E-state index in [4.69, 9.17) is 4.74 Å². The van der Waals surface area contributed by atoms with Gasteiger partial charge < -0.3 is 15.0 Å². The number of halogens is 1. The van der Waals surface area contributed by atoms with Gasteiger partial charge in [-0.15, -0.1) is 0 Å². The molecule has 0 aromatic heterocycles. The summed E-state index contributed by atoms with van der Waals surface area (Å²) < 4.78 is 6.23. The van der Waals surface area contributed by atoms with E-state index in [1.165, 1.54) is 21.5 Å². The highest BCUT2D eigenvalue weighted by molar-refractivity contribution is 9.10. The Morgan fingerprint density at radius 3 is 2.95 bits per heavy atom. The first kappa shape index (κ1) is 17.1. The van der Waals surface area contributed by atoms with Crippen LogP contribution in [0.4, 0.5) is 5.69 Å². The van der Waals surface area contributed by atoms with Crippen molar-refractivity contribution in [3.8, 4) is 0 Å². The minimum absolute atomic E-state index is 0.585. The van der Waals surface area contributed by atoms with Gasteiger partial charge in [-0.3, -0.25) is 0 Å². The predicted molar refractivity (Wildman–Crippen MR) is 96.5 cm³/mol. The molecule has 3 nitrogen and oxygen atoms in total. The minimum atomic E-state index is 0.585. The van der Waals surface area contributed by atoms with Gasteiger partial charge in [-0.05, 0) is 24.6 Å². The van der Waals surface area contributed by atoms with Crippen LogP contribution in [0.1, 0.15) is 19.4 Å². The number of ether oxygens (including phenoxy) is 1. The molecule has 0 saturated carbocycles. The summed E-state index contributed by atoms with van der Waals surface area (Å²) in [6.45, 7) is 8.27. The minimum Gasteiger partial charge on any atom is -0.383 e. The largest absolute Gasteiger partial charge is 0.383 e. The summed E-state index contributed by atoms with van der Waals surface area (Å²) in [6, 6.07) is 7.31. The molecule has 0 spiro atoms. The molecule has 0 aliphatic carbocycles. The van der Waals surface area contributed by atoms with E-state index in [-0.39, 0.29) is 0 Å². The molecule has 1 fully saturated rings. The predicted octanol–water partition coefficient (Wildman–Crippen LogP) is 3.52. The quantitative estimate of drug-likeness (QED) is 0.772. The first-order valence-electron chi connectivity index (χ1n) is 7.50. The Bertz CT molecular complexity index is 458. The molecule has 1 saturated heterocycles. The number of nitrogens with one attached hydrogen (secondary N) is 1. The third-order valence-corrected chi connectivity index (χ3v) is 6.13. The zero-order valence-electron chi connectivity index (χ0n) is 13.1. The van der Waals surface area contributed by atoms with Crippen LogP contribution in [0, 0.1) is 0 Å². The Balaban J connectivity index is 2.01. The lowest BCUT2D eigenvalue weighted by atomic mass is 10.1. The molecule has 0 amide bonds. The molecular formula is C16H25BrN2OS. The maximum absolute atomic E-state index is 5.05. The number of hydrogen-bond donors (Lipinski definition) is 1. The third-order valence-electron chi connectivity index (χ3n) is 4.05. The van der Waals surface area contributed by atoms with Gasteiger partial charge in [0.25, 0.3) is 0 Å². The summed E-state index contributed by atoms with van der Waals surface area (Å²) in [6.07, 6.45) is 0. The Hall–Kier alpha value is -0.230. The van der Waals surface area contributed by atoms with Crippen molar-refractivity contribution in [3.63, 3.8) is 0 Å². The zero-order valence-corrected chi connectivity index (χ0v) is 15.5. The van der Waals surface area contributed by atoms with Crippen molar-refractivity contribution in [2.75, 3.05) is 37.5 Å². The number of rotatable bonds is 6. The van der Waals surface area contributed by atoms with E-state index >= 15 is 0 Å². The van der Waals surface area contributed by atoms with Gasteiger partial charge in [0.15, 0.2) is 0 Å². The van der Waals surface area contributed by atoms with Crippen LogP contribution in [-0.2, 0) is 11.3 Å². The smallest absolute Gasteiger partial charge is 0.0587 e. The monoisotopic (exact) mass is 372 g/mol. The second-order valence-electron chi connectivity index (χ2n) is 5.46. The molecule has 1 aliphatic rings. The van der Waals surface area contributed by atoms with Gasteiger partial charge in [-0.25, -0.2) is 0 Å². The van der Waals surface area contributed by atoms with Crippen LogP contribution in [0.2, 0.25) is 0 Å². The fourth-order valence-electron chi connectivity index (χ4n) is 2.55. The SMILES string of the molecule is COCCNCc1ccc(N2CCSC(C)C2C)cc1Br. The van der Waals surface area contributed by atoms with Crippen molar-refractivity contribution in [1.82, 2.24) is 5.32 Å². The van der Waals surface area contributed by atoms with Crippen LogP contribution in [0.25, 0.3) is 0 Å². The van der Waals surface area contributed by atoms with Crippen molar-refractivity contribution < 1.29 is 4.74 Å². The van der Waals surface area contributed by atoms with Gasteiger partial charge in [0.2, 0.25) is 0 Å². The lowest BCUT2D eigenvalue weighted by molar-refractivity contribution is 0.199. The molecule has 0 radical (unpaired) electrons. The maximum Gasteiger partial charge on any atom is 0.0587 e. The van der Waals surface area contributed by atoms with Crippen molar-refractivity contribution in [2.24, 2.45) is 0 Å². The summed E-state index contributed by atoms with van der Waals surface area (Å²) in [7, 11) is 1.73. The number of anilines is 1. The topological polar surface area (TPSA) is 24.5 Å². The molecule has 1 aromatic carbocycles. The Kier molecular flexibility index (Phi) is 6.86. The van der Waals surface area contributed by atoms with E-state index in [0.717, 1.165) is 26.2 Å². The van der Waals surface area contributed by atoms with E-state index in [1.54, 1.807) is 7.11 Å². The maximum atomic E-state index is 5.05. The van der Waals surface area contributed by atoms with Crippen LogP contribution in [0.15, 0.2) is 22.7 Å². The van der Waals surface area contributed by atoms with E-state index in [9.17, 15) is 0 Å². The average molecular weight is 373 g/mol. The Morgan fingerprint density at radius 2 is 2.24 bits per heavy atom. The van der Waals surface area contributed by atoms with E-state index < -0.39 is 0 Å². The first-order chi connectivity index (χ1) is 10.1. The molecule has 2 unspecified atom stereocenters. The fourth-order valence-corrected chi connectivity index (χ4v) is 4.16. The Labute approximate surface area is 140 Å². The van der Waals surface area contributed by atoms with E-state index in [2.05, 4.69) is 70.0 Å². The van der Waals surface area contributed by atoms with E-state index in [1.807, 2.05) is 0 Å². The summed E-state index contributed by atoms with van der Waals surface area (Å²) in [4.78, 5) is 2.52. The van der Waals surface area contributed by atoms with Crippen LogP contribution >= 0.6 is 27.7 Å². The molecule has 0 bridgehead atoms. The summed E-state index contributed by atoms with van der Waals surface area (Å²) in [5, 5.41) is 4.07. The standard InChI is InChI=1S/C16H25BrN2OS/c1-12-13(2)21-9-7-19(12)15-5-4-14(16(17)10-15)11-18-6-8-20-3/h4-5,10,12-13,18H,6-9,11H2,1-3H3. The van der Waals surface area contributed by atoms with Gasteiger partial charge >= 0.3 is 0 Å². The molecule has 1 N–H and O–H groups in total. The molecule has 2 atom stereocenters. The van der Waals surface area contributed by atoms with Crippen molar-refractivity contribution in [1.29, 1.82) is 0 Å². The summed E-state index contributed by atoms with van der Waals surface area (Å²) in [5.41, 5.74) is 2.61. The van der Waals surface area contributed by atoms with Crippen LogP contribution in [0.5, 0.6) is 0 Å². The van der Waals surface area contributed by atoms with Crippen LogP contribution < -0.4 is 10.2 Å². The van der Waals surface area contributed by atoms with Gasteiger partial charge in [0.1, 0.15) is 0 Å². The third kappa shape index (κ3) is 4.62. The lowest BCUT2D eigenvalue weighted by Crippen LogP contribution is -2.44. The molecule has 1 heterocycles. The van der Waals surface area contributed by atoms with Gasteiger partial charge in [0, 0.05) is 53.9 Å². The molecule has 118 valence electrons. The van der Waals surface area contributed by atoms with Crippen LogP contribution in [0.3, 0.4) is 0 Å². The van der Waals surface area contributed by atoms with Crippen LogP contribution in [-0.4, -0.2) is 43.9 Å². The van der Waals surface area contributed by atoms with Gasteiger partial charge in [-0.1, -0.05) is 28.9 Å². The second-order valence-corrected chi connectivity index (χ2v) is 7.79. The molecule has 1 aliphatic heterocycles.